The topological polar surface area (TPSA) is 55.6 Å². The Balaban J connectivity index is 1.95. The van der Waals surface area contributed by atoms with Crippen LogP contribution < -0.4 is 5.73 Å². The fraction of sp³-hybridized carbons (Fsp3) is 0.588. The highest BCUT2D eigenvalue weighted by Crippen LogP contribution is 2.40. The number of amides is 1. The fourth-order valence-electron chi connectivity index (χ4n) is 3.66. The molecule has 0 bridgehead atoms. The summed E-state index contributed by atoms with van der Waals surface area (Å²) < 4.78 is 5.51. The lowest BCUT2D eigenvalue weighted by molar-refractivity contribution is -0.142. The van der Waals surface area contributed by atoms with Gasteiger partial charge in [0.25, 0.3) is 0 Å². The number of ether oxygens (including phenoxy) is 1. The van der Waals surface area contributed by atoms with Crippen molar-refractivity contribution >= 4 is 17.5 Å². The summed E-state index contributed by atoms with van der Waals surface area (Å²) in [5.41, 5.74) is 6.43. The molecule has 2 fully saturated rings. The van der Waals surface area contributed by atoms with E-state index in [2.05, 4.69) is 0 Å². The van der Waals surface area contributed by atoms with E-state index in [-0.39, 0.29) is 11.9 Å². The second-order valence-corrected chi connectivity index (χ2v) is 6.74. The van der Waals surface area contributed by atoms with Crippen LogP contribution in [0, 0.1) is 0 Å². The number of hydrogen-bond acceptors (Lipinski definition) is 3. The minimum absolute atomic E-state index is 0.0841. The van der Waals surface area contributed by atoms with Gasteiger partial charge in [0.15, 0.2) is 0 Å². The van der Waals surface area contributed by atoms with E-state index in [0.29, 0.717) is 37.6 Å². The van der Waals surface area contributed by atoms with E-state index in [9.17, 15) is 4.79 Å². The van der Waals surface area contributed by atoms with Crippen molar-refractivity contribution in [3.8, 4) is 0 Å². The van der Waals surface area contributed by atoms with Gasteiger partial charge in [0.05, 0.1) is 5.41 Å². The van der Waals surface area contributed by atoms with E-state index >= 15 is 0 Å². The molecule has 2 heterocycles. The maximum absolute atomic E-state index is 13.3. The summed E-state index contributed by atoms with van der Waals surface area (Å²) in [4.78, 5) is 15.3. The zero-order chi connectivity index (χ0) is 15.6. The van der Waals surface area contributed by atoms with Gasteiger partial charge in [-0.15, -0.1) is 0 Å². The van der Waals surface area contributed by atoms with Crippen LogP contribution in [0.2, 0.25) is 5.02 Å². The number of nitrogens with two attached hydrogens (primary N) is 1. The van der Waals surface area contributed by atoms with Gasteiger partial charge >= 0.3 is 0 Å². The van der Waals surface area contributed by atoms with Crippen LogP contribution in [-0.4, -0.2) is 43.2 Å². The van der Waals surface area contributed by atoms with Crippen molar-refractivity contribution in [2.45, 2.75) is 37.1 Å². The van der Waals surface area contributed by atoms with Gasteiger partial charge < -0.3 is 15.4 Å². The lowest BCUT2D eigenvalue weighted by Crippen LogP contribution is -2.54. The molecule has 2 saturated heterocycles. The largest absolute Gasteiger partial charge is 0.381 e. The third-order valence-electron chi connectivity index (χ3n) is 4.89. The smallest absolute Gasteiger partial charge is 0.233 e. The summed E-state index contributed by atoms with van der Waals surface area (Å²) in [7, 11) is 0. The van der Waals surface area contributed by atoms with Crippen molar-refractivity contribution in [1.29, 1.82) is 0 Å². The highest BCUT2D eigenvalue weighted by atomic mass is 35.5. The zero-order valence-electron chi connectivity index (χ0n) is 12.8. The van der Waals surface area contributed by atoms with Crippen molar-refractivity contribution in [2.24, 2.45) is 5.73 Å². The lowest BCUT2D eigenvalue weighted by atomic mass is 9.72. The summed E-state index contributed by atoms with van der Waals surface area (Å²) in [6, 6.07) is 7.79. The highest BCUT2D eigenvalue weighted by molar-refractivity contribution is 6.31. The molecule has 0 unspecified atom stereocenters. The summed E-state index contributed by atoms with van der Waals surface area (Å²) in [6.45, 7) is 2.62. The molecule has 22 heavy (non-hydrogen) atoms. The van der Waals surface area contributed by atoms with E-state index in [1.165, 1.54) is 0 Å². The van der Waals surface area contributed by atoms with Gasteiger partial charge in [0, 0.05) is 37.4 Å². The summed E-state index contributed by atoms with van der Waals surface area (Å²) in [5.74, 6) is 0.166. The first-order valence-corrected chi connectivity index (χ1v) is 8.39. The standard InChI is InChI=1S/C17H23ClN2O2/c18-15-6-2-1-5-14(15)17(7-10-22-11-8-17)16(21)20-9-3-4-13(19)12-20/h1-2,5-6,13H,3-4,7-12,19H2/t13-/m0/s1. The van der Waals surface area contributed by atoms with Crippen molar-refractivity contribution < 1.29 is 9.53 Å². The molecule has 1 aromatic rings. The maximum atomic E-state index is 13.3. The van der Waals surface area contributed by atoms with E-state index in [4.69, 9.17) is 22.1 Å². The molecular weight excluding hydrogens is 300 g/mol. The molecule has 2 N–H and O–H groups in total. The van der Waals surface area contributed by atoms with Gasteiger partial charge in [0.2, 0.25) is 5.91 Å². The van der Waals surface area contributed by atoms with E-state index < -0.39 is 5.41 Å². The molecular formula is C17H23ClN2O2. The van der Waals surface area contributed by atoms with Gasteiger partial charge in [-0.2, -0.15) is 0 Å². The molecule has 0 aromatic heterocycles. The predicted molar refractivity (Wildman–Crippen MR) is 87.0 cm³/mol. The van der Waals surface area contributed by atoms with Gasteiger partial charge in [-0.3, -0.25) is 4.79 Å². The quantitative estimate of drug-likeness (QED) is 0.909. The maximum Gasteiger partial charge on any atom is 0.233 e. The minimum Gasteiger partial charge on any atom is -0.381 e. The van der Waals surface area contributed by atoms with Crippen LogP contribution in [0.5, 0.6) is 0 Å². The number of carbonyl (C=O) groups excluding carboxylic acids is 1. The van der Waals surface area contributed by atoms with Crippen molar-refractivity contribution in [3.63, 3.8) is 0 Å². The fourth-order valence-corrected chi connectivity index (χ4v) is 3.98. The Labute approximate surface area is 136 Å². The van der Waals surface area contributed by atoms with Crippen molar-refractivity contribution in [2.75, 3.05) is 26.3 Å². The van der Waals surface area contributed by atoms with Gasteiger partial charge in [0.1, 0.15) is 0 Å². The Hall–Kier alpha value is -1.10. The average Bonchev–Trinajstić information content (AvgIpc) is 2.55. The van der Waals surface area contributed by atoms with Crippen molar-refractivity contribution in [3.05, 3.63) is 34.9 Å². The first kappa shape index (κ1) is 15.8. The Morgan fingerprint density at radius 3 is 2.73 bits per heavy atom. The molecule has 0 radical (unpaired) electrons. The summed E-state index contributed by atoms with van der Waals surface area (Å²) >= 11 is 6.42. The van der Waals surface area contributed by atoms with Gasteiger partial charge in [-0.05, 0) is 37.3 Å². The van der Waals surface area contributed by atoms with Crippen LogP contribution >= 0.6 is 11.6 Å². The first-order valence-electron chi connectivity index (χ1n) is 8.01. The first-order chi connectivity index (χ1) is 10.6. The van der Waals surface area contributed by atoms with E-state index in [1.54, 1.807) is 0 Å². The highest BCUT2D eigenvalue weighted by Gasteiger charge is 2.45. The van der Waals surface area contributed by atoms with Crippen LogP contribution in [0.3, 0.4) is 0 Å². The zero-order valence-corrected chi connectivity index (χ0v) is 13.5. The van der Waals surface area contributed by atoms with Crippen LogP contribution in [0.15, 0.2) is 24.3 Å². The molecule has 1 aromatic carbocycles. The van der Waals surface area contributed by atoms with Gasteiger partial charge in [-0.1, -0.05) is 29.8 Å². The number of piperidine rings is 1. The molecule has 0 aliphatic carbocycles. The third-order valence-corrected chi connectivity index (χ3v) is 5.22. The molecule has 1 atom stereocenters. The number of rotatable bonds is 2. The van der Waals surface area contributed by atoms with Gasteiger partial charge in [-0.25, -0.2) is 0 Å². The number of carbonyl (C=O) groups is 1. The Kier molecular flexibility index (Phi) is 4.71. The normalized spacial score (nSPS) is 25.0. The predicted octanol–water partition coefficient (Wildman–Crippen LogP) is 2.34. The van der Waals surface area contributed by atoms with E-state index in [1.807, 2.05) is 29.2 Å². The number of hydrogen-bond donors (Lipinski definition) is 1. The molecule has 2 aliphatic heterocycles. The Morgan fingerprint density at radius 1 is 1.32 bits per heavy atom. The Morgan fingerprint density at radius 2 is 2.05 bits per heavy atom. The molecule has 4 nitrogen and oxygen atoms in total. The van der Waals surface area contributed by atoms with Crippen LogP contribution in [0.25, 0.3) is 0 Å². The number of benzene rings is 1. The average molecular weight is 323 g/mol. The number of nitrogens with zero attached hydrogens (tertiary/aromatic N) is 1. The molecule has 0 spiro atoms. The number of halogens is 1. The molecule has 5 heteroatoms. The number of likely N-dealkylation sites (tertiary alicyclic amines) is 1. The third kappa shape index (κ3) is 2.87. The summed E-state index contributed by atoms with van der Waals surface area (Å²) in [5, 5.41) is 0.666. The second kappa shape index (κ2) is 6.57. The van der Waals surface area contributed by atoms with E-state index in [0.717, 1.165) is 24.9 Å². The minimum atomic E-state index is -0.562. The second-order valence-electron chi connectivity index (χ2n) is 6.33. The van der Waals surface area contributed by atoms with Crippen LogP contribution in [0.1, 0.15) is 31.2 Å². The molecule has 1 amide bonds. The van der Waals surface area contributed by atoms with Crippen molar-refractivity contribution in [1.82, 2.24) is 4.90 Å². The lowest BCUT2D eigenvalue weighted by Gasteiger charge is -2.42. The monoisotopic (exact) mass is 322 g/mol. The van der Waals surface area contributed by atoms with Crippen LogP contribution in [-0.2, 0) is 14.9 Å². The molecule has 3 rings (SSSR count). The molecule has 120 valence electrons. The molecule has 0 saturated carbocycles. The summed E-state index contributed by atoms with van der Waals surface area (Å²) in [6.07, 6.45) is 3.33. The molecule has 2 aliphatic rings. The SMILES string of the molecule is N[C@H]1CCCN(C(=O)C2(c3ccccc3Cl)CCOCC2)C1. The Bertz CT molecular complexity index is 543. The van der Waals surface area contributed by atoms with Crippen LogP contribution in [0.4, 0.5) is 0 Å².